The maximum atomic E-state index is 6.30. The first-order chi connectivity index (χ1) is 10.4. The molecule has 4 heteroatoms. The summed E-state index contributed by atoms with van der Waals surface area (Å²) in [6.07, 6.45) is 2.82. The molecular formula is C17H18N2OS. The molecule has 0 radical (unpaired) electrons. The van der Waals surface area contributed by atoms with E-state index in [2.05, 4.69) is 33.9 Å². The summed E-state index contributed by atoms with van der Waals surface area (Å²) in [5.74, 6) is 0.898. The summed E-state index contributed by atoms with van der Waals surface area (Å²) in [6, 6.07) is 14.2. The Labute approximate surface area is 128 Å². The first kappa shape index (κ1) is 14.0. The molecule has 1 atom stereocenters. The van der Waals surface area contributed by atoms with E-state index in [1.54, 1.807) is 17.5 Å². The van der Waals surface area contributed by atoms with E-state index < -0.39 is 0 Å². The standard InChI is InChI=1S/C17H18N2OS/c1-18-10-8-16(17-7-4-12-21-17)20-15-9-11-19-14-6-3-2-5-13(14)15/h2-7,9,11-12,16,18H,8,10H2,1H3/t16-/m0/s1. The maximum Gasteiger partial charge on any atom is 0.134 e. The second kappa shape index (κ2) is 6.70. The fourth-order valence-corrected chi connectivity index (χ4v) is 3.12. The fourth-order valence-electron chi connectivity index (χ4n) is 2.33. The van der Waals surface area contributed by atoms with Crippen molar-refractivity contribution in [1.29, 1.82) is 0 Å². The Bertz CT molecular complexity index is 692. The van der Waals surface area contributed by atoms with E-state index in [-0.39, 0.29) is 6.10 Å². The van der Waals surface area contributed by atoms with Gasteiger partial charge in [-0.25, -0.2) is 0 Å². The molecule has 0 fully saturated rings. The zero-order valence-electron chi connectivity index (χ0n) is 12.0. The van der Waals surface area contributed by atoms with Crippen LogP contribution in [0.25, 0.3) is 10.9 Å². The van der Waals surface area contributed by atoms with E-state index in [0.717, 1.165) is 29.6 Å². The third-order valence-corrected chi connectivity index (χ3v) is 4.36. The minimum absolute atomic E-state index is 0.0725. The molecule has 0 aliphatic heterocycles. The summed E-state index contributed by atoms with van der Waals surface area (Å²) < 4.78 is 6.30. The van der Waals surface area contributed by atoms with Crippen LogP contribution in [0.1, 0.15) is 17.4 Å². The monoisotopic (exact) mass is 298 g/mol. The molecule has 0 aliphatic rings. The lowest BCUT2D eigenvalue weighted by molar-refractivity contribution is 0.201. The minimum atomic E-state index is 0.0725. The Balaban J connectivity index is 1.90. The number of thiophene rings is 1. The van der Waals surface area contributed by atoms with E-state index in [0.29, 0.717) is 0 Å². The Morgan fingerprint density at radius 2 is 2.10 bits per heavy atom. The number of para-hydroxylation sites is 1. The normalized spacial score (nSPS) is 12.4. The lowest BCUT2D eigenvalue weighted by Crippen LogP contribution is -2.15. The van der Waals surface area contributed by atoms with Gasteiger partial charge < -0.3 is 10.1 Å². The van der Waals surface area contributed by atoms with Crippen LogP contribution in [0, 0.1) is 0 Å². The van der Waals surface area contributed by atoms with Crippen LogP contribution in [0.2, 0.25) is 0 Å². The number of hydrogen-bond donors (Lipinski definition) is 1. The molecule has 3 nitrogen and oxygen atoms in total. The number of hydrogen-bond acceptors (Lipinski definition) is 4. The number of nitrogens with zero attached hydrogens (tertiary/aromatic N) is 1. The molecule has 3 rings (SSSR count). The molecule has 1 aromatic carbocycles. The van der Waals surface area contributed by atoms with E-state index in [4.69, 9.17) is 4.74 Å². The largest absolute Gasteiger partial charge is 0.484 e. The zero-order chi connectivity index (χ0) is 14.5. The molecule has 0 spiro atoms. The molecule has 0 saturated carbocycles. The molecular weight excluding hydrogens is 280 g/mol. The topological polar surface area (TPSA) is 34.1 Å². The first-order valence-electron chi connectivity index (χ1n) is 7.07. The van der Waals surface area contributed by atoms with Gasteiger partial charge in [-0.15, -0.1) is 11.3 Å². The van der Waals surface area contributed by atoms with Gasteiger partial charge in [-0.1, -0.05) is 18.2 Å². The number of aromatic nitrogens is 1. The minimum Gasteiger partial charge on any atom is -0.484 e. The molecule has 2 aromatic heterocycles. The number of nitrogens with one attached hydrogen (secondary N) is 1. The van der Waals surface area contributed by atoms with E-state index in [1.807, 2.05) is 31.3 Å². The Hall–Kier alpha value is -1.91. The van der Waals surface area contributed by atoms with Crippen molar-refractivity contribution in [2.45, 2.75) is 12.5 Å². The van der Waals surface area contributed by atoms with Crippen LogP contribution < -0.4 is 10.1 Å². The molecule has 0 amide bonds. The molecule has 0 aliphatic carbocycles. The summed E-state index contributed by atoms with van der Waals surface area (Å²) >= 11 is 1.74. The van der Waals surface area contributed by atoms with Crippen molar-refractivity contribution in [2.24, 2.45) is 0 Å². The highest BCUT2D eigenvalue weighted by molar-refractivity contribution is 7.10. The van der Waals surface area contributed by atoms with Gasteiger partial charge in [-0.3, -0.25) is 4.98 Å². The number of fused-ring (bicyclic) bond motifs is 1. The Kier molecular flexibility index (Phi) is 4.48. The van der Waals surface area contributed by atoms with Crippen molar-refractivity contribution in [2.75, 3.05) is 13.6 Å². The van der Waals surface area contributed by atoms with Crippen LogP contribution in [-0.2, 0) is 0 Å². The average Bonchev–Trinajstić information content (AvgIpc) is 3.06. The molecule has 0 unspecified atom stereocenters. The van der Waals surface area contributed by atoms with E-state index in [1.165, 1.54) is 4.88 Å². The van der Waals surface area contributed by atoms with Crippen LogP contribution >= 0.6 is 11.3 Å². The summed E-state index contributed by atoms with van der Waals surface area (Å²) in [4.78, 5) is 5.64. The van der Waals surface area contributed by atoms with Gasteiger partial charge >= 0.3 is 0 Å². The van der Waals surface area contributed by atoms with Gasteiger partial charge in [0.25, 0.3) is 0 Å². The highest BCUT2D eigenvalue weighted by Crippen LogP contribution is 2.31. The maximum absolute atomic E-state index is 6.30. The predicted molar refractivity (Wildman–Crippen MR) is 88.0 cm³/mol. The van der Waals surface area contributed by atoms with Crippen LogP contribution in [0.5, 0.6) is 5.75 Å². The molecule has 108 valence electrons. The SMILES string of the molecule is CNCC[C@H](Oc1ccnc2ccccc12)c1cccs1. The molecule has 3 aromatic rings. The summed E-state index contributed by atoms with van der Waals surface area (Å²) in [6.45, 7) is 0.922. The summed E-state index contributed by atoms with van der Waals surface area (Å²) in [5.41, 5.74) is 0.966. The van der Waals surface area contributed by atoms with Crippen molar-refractivity contribution < 1.29 is 4.74 Å². The highest BCUT2D eigenvalue weighted by atomic mass is 32.1. The third-order valence-electron chi connectivity index (χ3n) is 3.40. The van der Waals surface area contributed by atoms with Gasteiger partial charge in [0.1, 0.15) is 11.9 Å². The lowest BCUT2D eigenvalue weighted by atomic mass is 10.2. The van der Waals surface area contributed by atoms with Crippen molar-refractivity contribution in [3.05, 3.63) is 58.9 Å². The summed E-state index contributed by atoms with van der Waals surface area (Å²) in [7, 11) is 1.97. The van der Waals surface area contributed by atoms with Crippen molar-refractivity contribution in [1.82, 2.24) is 10.3 Å². The highest BCUT2D eigenvalue weighted by Gasteiger charge is 2.15. The number of pyridine rings is 1. The van der Waals surface area contributed by atoms with Crippen molar-refractivity contribution >= 4 is 22.2 Å². The van der Waals surface area contributed by atoms with Gasteiger partial charge in [0, 0.05) is 22.9 Å². The van der Waals surface area contributed by atoms with Crippen LogP contribution in [0.15, 0.2) is 54.0 Å². The quantitative estimate of drug-likeness (QED) is 0.746. The van der Waals surface area contributed by atoms with Gasteiger partial charge in [-0.05, 0) is 43.2 Å². The van der Waals surface area contributed by atoms with Crippen LogP contribution in [0.3, 0.4) is 0 Å². The molecule has 0 saturated heterocycles. The van der Waals surface area contributed by atoms with Gasteiger partial charge in [0.05, 0.1) is 5.52 Å². The third kappa shape index (κ3) is 3.23. The summed E-state index contributed by atoms with van der Waals surface area (Å²) in [5, 5.41) is 6.35. The van der Waals surface area contributed by atoms with Crippen molar-refractivity contribution in [3.8, 4) is 5.75 Å². The van der Waals surface area contributed by atoms with Crippen LogP contribution in [0.4, 0.5) is 0 Å². The zero-order valence-corrected chi connectivity index (χ0v) is 12.8. The Morgan fingerprint density at radius 3 is 2.90 bits per heavy atom. The molecule has 0 bridgehead atoms. The smallest absolute Gasteiger partial charge is 0.134 e. The Morgan fingerprint density at radius 1 is 1.19 bits per heavy atom. The number of ether oxygens (including phenoxy) is 1. The predicted octanol–water partition coefficient (Wildman–Crippen LogP) is 4.03. The van der Waals surface area contributed by atoms with Gasteiger partial charge in [0.2, 0.25) is 0 Å². The van der Waals surface area contributed by atoms with Crippen molar-refractivity contribution in [3.63, 3.8) is 0 Å². The average molecular weight is 298 g/mol. The molecule has 1 N–H and O–H groups in total. The van der Waals surface area contributed by atoms with E-state index >= 15 is 0 Å². The second-order valence-corrected chi connectivity index (χ2v) is 5.82. The second-order valence-electron chi connectivity index (χ2n) is 4.84. The molecule has 2 heterocycles. The lowest BCUT2D eigenvalue weighted by Gasteiger charge is -2.19. The fraction of sp³-hybridized carbons (Fsp3) is 0.235. The number of benzene rings is 1. The first-order valence-corrected chi connectivity index (χ1v) is 7.95. The van der Waals surface area contributed by atoms with Gasteiger partial charge in [0.15, 0.2) is 0 Å². The van der Waals surface area contributed by atoms with E-state index in [9.17, 15) is 0 Å². The molecule has 21 heavy (non-hydrogen) atoms. The van der Waals surface area contributed by atoms with Crippen LogP contribution in [-0.4, -0.2) is 18.6 Å². The van der Waals surface area contributed by atoms with Gasteiger partial charge in [-0.2, -0.15) is 0 Å². The number of rotatable bonds is 6.